The summed E-state index contributed by atoms with van der Waals surface area (Å²) in [5, 5.41) is 0. The van der Waals surface area contributed by atoms with Gasteiger partial charge in [-0.15, -0.1) is 0 Å². The Morgan fingerprint density at radius 3 is 2.45 bits per heavy atom. The van der Waals surface area contributed by atoms with Crippen LogP contribution in [0, 0.1) is 0 Å². The van der Waals surface area contributed by atoms with Crippen molar-refractivity contribution in [3.05, 3.63) is 19.8 Å². The summed E-state index contributed by atoms with van der Waals surface area (Å²) in [6.07, 6.45) is 0. The molecule has 1 rings (SSSR count). The van der Waals surface area contributed by atoms with Gasteiger partial charge in [-0.1, -0.05) is 0 Å². The van der Waals surface area contributed by atoms with Crippen LogP contribution in [-0.4, -0.2) is 30.0 Å². The molecule has 0 spiro atoms. The van der Waals surface area contributed by atoms with E-state index >= 15 is 0 Å². The van der Waals surface area contributed by atoms with Crippen molar-refractivity contribution in [2.24, 2.45) is 0 Å². The van der Waals surface area contributed by atoms with Crippen LogP contribution in [0.2, 0.25) is 0 Å². The van der Waals surface area contributed by atoms with Crippen LogP contribution in [0.3, 0.4) is 0 Å². The first-order valence-electron chi connectivity index (χ1n) is 2.67. The number of alkyl halides is 3. The normalized spacial score (nSPS) is 11.5. The van der Waals surface area contributed by atoms with Crippen LogP contribution < -0.4 is 0 Å². The maximum atomic E-state index is 11.2. The Balaban J connectivity index is 2.88. The van der Waals surface area contributed by atoms with Gasteiger partial charge in [0.05, 0.1) is 0 Å². The topological polar surface area (TPSA) is 17.1 Å². The van der Waals surface area contributed by atoms with Gasteiger partial charge in [-0.05, 0) is 0 Å². The summed E-state index contributed by atoms with van der Waals surface area (Å²) in [5.41, 5.74) is 0. The SMILES string of the molecule is O=C(c1ccc[te]1)C(Cl)(Cl)Cl. The van der Waals surface area contributed by atoms with E-state index in [0.717, 1.165) is 0 Å². The van der Waals surface area contributed by atoms with E-state index in [-0.39, 0.29) is 5.78 Å². The Bertz CT molecular complexity index is 249. The predicted molar refractivity (Wildman–Crippen MR) is 48.0 cm³/mol. The van der Waals surface area contributed by atoms with E-state index in [4.69, 9.17) is 34.8 Å². The third-order valence-electron chi connectivity index (χ3n) is 1.00. The van der Waals surface area contributed by atoms with Crippen LogP contribution in [0.15, 0.2) is 16.2 Å². The number of carbonyl (C=O) groups is 1. The minimum absolute atomic E-state index is 0.380. The first-order chi connectivity index (χ1) is 5.02. The summed E-state index contributed by atoms with van der Waals surface area (Å²) in [4.78, 5) is 11.2. The van der Waals surface area contributed by atoms with Crippen molar-refractivity contribution in [2.45, 2.75) is 3.79 Å². The molecule has 60 valence electrons. The first kappa shape index (κ1) is 9.89. The van der Waals surface area contributed by atoms with E-state index in [1.54, 1.807) is 6.07 Å². The van der Waals surface area contributed by atoms with Crippen LogP contribution in [0.1, 0.15) is 8.37 Å². The zero-order valence-electron chi connectivity index (χ0n) is 5.18. The van der Waals surface area contributed by atoms with Gasteiger partial charge in [0.25, 0.3) is 0 Å². The molecule has 0 unspecified atom stereocenters. The standard InChI is InChI=1S/C6H3Cl3OTe/c7-6(8,9)5(10)4-2-1-3-11-4/h1-3H. The summed E-state index contributed by atoms with van der Waals surface area (Å²) < 4.78 is 0.868. The Kier molecular flexibility index (Phi) is 3.31. The molecular formula is C6H3Cl3OTe. The number of rotatable bonds is 1. The fourth-order valence-electron chi connectivity index (χ4n) is 0.547. The molecule has 0 aromatic carbocycles. The fraction of sp³-hybridized carbons (Fsp3) is 0.167. The van der Waals surface area contributed by atoms with E-state index < -0.39 is 24.2 Å². The van der Waals surface area contributed by atoms with E-state index in [9.17, 15) is 4.79 Å². The molecule has 0 saturated heterocycles. The van der Waals surface area contributed by atoms with Gasteiger partial charge in [0.2, 0.25) is 0 Å². The fourth-order valence-corrected chi connectivity index (χ4v) is 3.44. The van der Waals surface area contributed by atoms with Crippen molar-refractivity contribution in [2.75, 3.05) is 0 Å². The average molecular weight is 325 g/mol. The summed E-state index contributed by atoms with van der Waals surface area (Å²) in [5.74, 6) is -0.380. The van der Waals surface area contributed by atoms with E-state index in [1.165, 1.54) is 0 Å². The summed E-state index contributed by atoms with van der Waals surface area (Å²) in [7, 11) is 0. The van der Waals surface area contributed by atoms with Gasteiger partial charge in [0, 0.05) is 0 Å². The van der Waals surface area contributed by atoms with Crippen molar-refractivity contribution in [3.63, 3.8) is 0 Å². The third kappa shape index (κ3) is 2.64. The molecule has 1 aromatic rings. The van der Waals surface area contributed by atoms with Crippen molar-refractivity contribution in [1.29, 1.82) is 0 Å². The maximum absolute atomic E-state index is 11.2. The molecule has 11 heavy (non-hydrogen) atoms. The average Bonchev–Trinajstić information content (AvgIpc) is 2.34. The second-order valence-electron chi connectivity index (χ2n) is 1.80. The van der Waals surface area contributed by atoms with Gasteiger partial charge in [0.1, 0.15) is 0 Å². The summed E-state index contributed by atoms with van der Waals surface area (Å²) in [6.45, 7) is 0. The van der Waals surface area contributed by atoms with Crippen LogP contribution in [-0.2, 0) is 0 Å². The molecule has 0 N–H and O–H groups in total. The minimum atomic E-state index is -1.78. The Morgan fingerprint density at radius 1 is 1.45 bits per heavy atom. The molecule has 0 saturated carbocycles. The molecule has 1 heterocycles. The monoisotopic (exact) mass is 326 g/mol. The molecule has 1 aromatic heterocycles. The second kappa shape index (κ2) is 3.68. The Hall–Kier alpha value is 0.810. The first-order valence-corrected chi connectivity index (χ1v) is 6.31. The summed E-state index contributed by atoms with van der Waals surface area (Å²) >= 11 is 15.7. The van der Waals surface area contributed by atoms with E-state index in [0.29, 0.717) is 3.58 Å². The van der Waals surface area contributed by atoms with Gasteiger partial charge in [-0.25, -0.2) is 0 Å². The number of carbonyl (C=O) groups excluding carboxylic acids is 1. The molecule has 0 aliphatic carbocycles. The molecule has 0 aliphatic heterocycles. The molecule has 0 atom stereocenters. The number of Topliss-reactive ketones (excluding diaryl/α,β-unsaturated/α-hetero) is 1. The molecule has 1 nitrogen and oxygen atoms in total. The molecule has 0 aliphatic rings. The molecule has 0 amide bonds. The summed E-state index contributed by atoms with van der Waals surface area (Å²) in [6, 6.07) is 3.54. The van der Waals surface area contributed by atoms with Gasteiger partial charge in [0.15, 0.2) is 0 Å². The Morgan fingerprint density at radius 2 is 2.09 bits per heavy atom. The van der Waals surface area contributed by atoms with Gasteiger partial charge < -0.3 is 0 Å². The van der Waals surface area contributed by atoms with Crippen LogP contribution >= 0.6 is 34.8 Å². The van der Waals surface area contributed by atoms with E-state index in [1.807, 2.05) is 10.1 Å². The molecule has 0 radical (unpaired) electrons. The molecule has 0 bridgehead atoms. The number of ketones is 1. The molecular weight excluding hydrogens is 322 g/mol. The van der Waals surface area contributed by atoms with Crippen molar-refractivity contribution in [3.8, 4) is 0 Å². The van der Waals surface area contributed by atoms with Gasteiger partial charge >= 0.3 is 89.4 Å². The van der Waals surface area contributed by atoms with Crippen LogP contribution in [0.25, 0.3) is 0 Å². The van der Waals surface area contributed by atoms with Crippen molar-refractivity contribution in [1.82, 2.24) is 0 Å². The quantitative estimate of drug-likeness (QED) is 0.440. The zero-order valence-corrected chi connectivity index (χ0v) is 9.78. The van der Waals surface area contributed by atoms with Gasteiger partial charge in [-0.3, -0.25) is 0 Å². The van der Waals surface area contributed by atoms with E-state index in [2.05, 4.69) is 0 Å². The Labute approximate surface area is 88.9 Å². The molecule has 0 fully saturated rings. The van der Waals surface area contributed by atoms with Crippen LogP contribution in [0.4, 0.5) is 0 Å². The van der Waals surface area contributed by atoms with Crippen molar-refractivity contribution >= 4 is 61.0 Å². The number of halogens is 3. The second-order valence-corrected chi connectivity index (χ2v) is 6.79. The van der Waals surface area contributed by atoms with Crippen molar-refractivity contribution < 1.29 is 4.79 Å². The zero-order chi connectivity index (χ0) is 8.48. The van der Waals surface area contributed by atoms with Gasteiger partial charge in [-0.2, -0.15) is 0 Å². The van der Waals surface area contributed by atoms with Crippen LogP contribution in [0.5, 0.6) is 0 Å². The predicted octanol–water partition coefficient (Wildman–Crippen LogP) is 2.30. The molecule has 5 heteroatoms. The number of hydrogen-bond donors (Lipinski definition) is 0. The number of hydrogen-bond acceptors (Lipinski definition) is 1. The third-order valence-corrected chi connectivity index (χ3v) is 4.00.